The Labute approximate surface area is 124 Å². The molecule has 1 aliphatic rings. The predicted molar refractivity (Wildman–Crippen MR) is 79.7 cm³/mol. The summed E-state index contributed by atoms with van der Waals surface area (Å²) in [6.45, 7) is 1.10. The first-order valence-electron chi connectivity index (χ1n) is 7.35. The third-order valence-corrected chi connectivity index (χ3v) is 3.57. The van der Waals surface area contributed by atoms with Crippen molar-refractivity contribution >= 4 is 0 Å². The monoisotopic (exact) mass is 286 g/mol. The van der Waals surface area contributed by atoms with E-state index in [1.807, 2.05) is 18.2 Å². The Morgan fingerprint density at radius 2 is 2.14 bits per heavy atom. The third kappa shape index (κ3) is 4.02. The van der Waals surface area contributed by atoms with Crippen LogP contribution >= 0.6 is 0 Å². The molecule has 0 saturated heterocycles. The minimum atomic E-state index is -0.295. The Morgan fingerprint density at radius 1 is 1.24 bits per heavy atom. The van der Waals surface area contributed by atoms with Crippen LogP contribution < -0.4 is 10.1 Å². The lowest BCUT2D eigenvalue weighted by Crippen LogP contribution is -2.16. The van der Waals surface area contributed by atoms with Crippen molar-refractivity contribution in [3.05, 3.63) is 59.7 Å². The number of para-hydroxylation sites is 1. The lowest BCUT2D eigenvalue weighted by Gasteiger charge is -2.13. The molecule has 0 atom stereocenters. The van der Waals surface area contributed by atoms with Gasteiger partial charge in [0.2, 0.25) is 0 Å². The Bertz CT molecular complexity index is 585. The quantitative estimate of drug-likeness (QED) is 0.849. The molecule has 1 fully saturated rings. The van der Waals surface area contributed by atoms with Gasteiger partial charge in [-0.1, -0.05) is 18.2 Å². The van der Waals surface area contributed by atoms with Crippen LogP contribution in [0.25, 0.3) is 0 Å². The van der Waals surface area contributed by atoms with Gasteiger partial charge < -0.3 is 10.1 Å². The van der Waals surface area contributed by atoms with Gasteiger partial charge in [-0.05, 0) is 30.5 Å². The topological polar surface area (TPSA) is 34.1 Å². The molecule has 3 rings (SSSR count). The number of hydrogen-bond donors (Lipinski definition) is 1. The van der Waals surface area contributed by atoms with E-state index in [2.05, 4.69) is 10.3 Å². The summed E-state index contributed by atoms with van der Waals surface area (Å²) in [5, 5.41) is 3.39. The molecule has 1 aromatic heterocycles. The molecule has 110 valence electrons. The molecule has 1 aromatic carbocycles. The molecule has 0 aliphatic heterocycles. The van der Waals surface area contributed by atoms with Gasteiger partial charge in [0, 0.05) is 37.0 Å². The van der Waals surface area contributed by atoms with E-state index in [1.54, 1.807) is 18.5 Å². The number of halogens is 1. The molecule has 0 unspecified atom stereocenters. The Balaban J connectivity index is 1.60. The van der Waals surface area contributed by atoms with Crippen LogP contribution in [-0.2, 0) is 13.0 Å². The highest BCUT2D eigenvalue weighted by Crippen LogP contribution is 2.25. The zero-order chi connectivity index (χ0) is 14.5. The molecular weight excluding hydrogens is 267 g/mol. The highest BCUT2D eigenvalue weighted by molar-refractivity contribution is 5.35. The number of aromatic nitrogens is 1. The second-order valence-corrected chi connectivity index (χ2v) is 5.34. The number of ether oxygens (including phenoxy) is 1. The van der Waals surface area contributed by atoms with E-state index < -0.39 is 0 Å². The molecule has 4 heteroatoms. The fourth-order valence-electron chi connectivity index (χ4n) is 2.21. The molecule has 1 heterocycles. The first-order chi connectivity index (χ1) is 10.3. The maximum Gasteiger partial charge on any atom is 0.165 e. The van der Waals surface area contributed by atoms with Crippen molar-refractivity contribution in [3.63, 3.8) is 0 Å². The molecule has 0 amide bonds. The van der Waals surface area contributed by atoms with E-state index in [9.17, 15) is 4.39 Å². The largest absolute Gasteiger partial charge is 0.490 e. The smallest absolute Gasteiger partial charge is 0.165 e. The van der Waals surface area contributed by atoms with Crippen molar-refractivity contribution in [1.82, 2.24) is 10.3 Å². The average molecular weight is 286 g/mol. The van der Waals surface area contributed by atoms with Crippen molar-refractivity contribution in [2.45, 2.75) is 31.8 Å². The molecule has 1 N–H and O–H groups in total. The zero-order valence-electron chi connectivity index (χ0n) is 11.9. The van der Waals surface area contributed by atoms with Gasteiger partial charge in [0.25, 0.3) is 0 Å². The summed E-state index contributed by atoms with van der Waals surface area (Å²) in [7, 11) is 0. The summed E-state index contributed by atoms with van der Waals surface area (Å²) in [6, 6.07) is 9.57. The van der Waals surface area contributed by atoms with Crippen molar-refractivity contribution in [3.8, 4) is 5.75 Å². The fraction of sp³-hybridized carbons (Fsp3) is 0.353. The Kier molecular flexibility index (Phi) is 4.46. The first-order valence-corrected chi connectivity index (χ1v) is 7.35. The first kappa shape index (κ1) is 14.0. The standard InChI is InChI=1S/C17H19FN2O/c18-16-5-1-4-14(12-20-15-6-7-15)17(16)21-10-8-13-3-2-9-19-11-13/h1-5,9,11,15,20H,6-8,10,12H2. The normalized spacial score (nSPS) is 14.1. The maximum atomic E-state index is 14.0. The van der Waals surface area contributed by atoms with E-state index in [1.165, 1.54) is 18.9 Å². The van der Waals surface area contributed by atoms with Crippen LogP contribution in [0.4, 0.5) is 4.39 Å². The van der Waals surface area contributed by atoms with Gasteiger partial charge in [-0.2, -0.15) is 0 Å². The zero-order valence-corrected chi connectivity index (χ0v) is 11.9. The third-order valence-electron chi connectivity index (χ3n) is 3.57. The van der Waals surface area contributed by atoms with Crippen LogP contribution in [0.3, 0.4) is 0 Å². The van der Waals surface area contributed by atoms with Gasteiger partial charge in [-0.3, -0.25) is 4.98 Å². The Morgan fingerprint density at radius 3 is 2.90 bits per heavy atom. The number of benzene rings is 1. The lowest BCUT2D eigenvalue weighted by atomic mass is 10.2. The van der Waals surface area contributed by atoms with Crippen LogP contribution in [0.5, 0.6) is 5.75 Å². The van der Waals surface area contributed by atoms with Crippen LogP contribution in [-0.4, -0.2) is 17.6 Å². The predicted octanol–water partition coefficient (Wildman–Crippen LogP) is 3.09. The molecule has 1 saturated carbocycles. The van der Waals surface area contributed by atoms with Crippen molar-refractivity contribution < 1.29 is 9.13 Å². The molecule has 0 spiro atoms. The minimum Gasteiger partial charge on any atom is -0.490 e. The lowest BCUT2D eigenvalue weighted by molar-refractivity contribution is 0.301. The van der Waals surface area contributed by atoms with Crippen LogP contribution in [0.2, 0.25) is 0 Å². The molecule has 0 radical (unpaired) electrons. The molecule has 3 nitrogen and oxygen atoms in total. The summed E-state index contributed by atoms with van der Waals surface area (Å²) < 4.78 is 19.6. The molecular formula is C17H19FN2O. The van der Waals surface area contributed by atoms with Crippen molar-refractivity contribution in [2.24, 2.45) is 0 Å². The van der Waals surface area contributed by atoms with Crippen LogP contribution in [0.1, 0.15) is 24.0 Å². The maximum absolute atomic E-state index is 14.0. The molecule has 1 aliphatic carbocycles. The van der Waals surface area contributed by atoms with E-state index >= 15 is 0 Å². The summed E-state index contributed by atoms with van der Waals surface area (Å²) in [5.41, 5.74) is 1.97. The second-order valence-electron chi connectivity index (χ2n) is 5.34. The molecule has 2 aromatic rings. The van der Waals surface area contributed by atoms with E-state index in [0.717, 1.165) is 17.5 Å². The highest BCUT2D eigenvalue weighted by atomic mass is 19.1. The highest BCUT2D eigenvalue weighted by Gasteiger charge is 2.21. The minimum absolute atomic E-state index is 0.295. The summed E-state index contributed by atoms with van der Waals surface area (Å²) in [4.78, 5) is 4.06. The van der Waals surface area contributed by atoms with Gasteiger partial charge in [-0.25, -0.2) is 4.39 Å². The summed E-state index contributed by atoms with van der Waals surface area (Å²) in [6.07, 6.45) is 6.69. The number of pyridine rings is 1. The second kappa shape index (κ2) is 6.68. The van der Waals surface area contributed by atoms with E-state index in [0.29, 0.717) is 24.9 Å². The van der Waals surface area contributed by atoms with E-state index in [-0.39, 0.29) is 5.82 Å². The van der Waals surface area contributed by atoms with Crippen LogP contribution in [0.15, 0.2) is 42.7 Å². The molecule has 0 bridgehead atoms. The van der Waals surface area contributed by atoms with Gasteiger partial charge in [0.1, 0.15) is 0 Å². The fourth-order valence-corrected chi connectivity index (χ4v) is 2.21. The van der Waals surface area contributed by atoms with Crippen LogP contribution in [0, 0.1) is 5.82 Å². The Hall–Kier alpha value is -1.94. The van der Waals surface area contributed by atoms with Gasteiger partial charge >= 0.3 is 0 Å². The molecule has 21 heavy (non-hydrogen) atoms. The number of nitrogens with zero attached hydrogens (tertiary/aromatic N) is 1. The summed E-state index contributed by atoms with van der Waals surface area (Å²) in [5.74, 6) is 0.0748. The average Bonchev–Trinajstić information content (AvgIpc) is 3.33. The van der Waals surface area contributed by atoms with Crippen molar-refractivity contribution in [1.29, 1.82) is 0 Å². The van der Waals surface area contributed by atoms with Crippen molar-refractivity contribution in [2.75, 3.05) is 6.61 Å². The van der Waals surface area contributed by atoms with E-state index in [4.69, 9.17) is 4.74 Å². The number of rotatable bonds is 7. The number of nitrogens with one attached hydrogen (secondary N) is 1. The SMILES string of the molecule is Fc1cccc(CNC2CC2)c1OCCc1cccnc1. The van der Waals surface area contributed by atoms with Gasteiger partial charge in [0.05, 0.1) is 6.61 Å². The summed E-state index contributed by atoms with van der Waals surface area (Å²) >= 11 is 0. The van der Waals surface area contributed by atoms with Gasteiger partial charge in [0.15, 0.2) is 11.6 Å². The number of hydrogen-bond acceptors (Lipinski definition) is 3. The van der Waals surface area contributed by atoms with Gasteiger partial charge in [-0.15, -0.1) is 0 Å².